The molecule has 2 unspecified atom stereocenters. The molecule has 1 fully saturated rings. The Bertz CT molecular complexity index is 606. The molecule has 1 aliphatic rings. The van der Waals surface area contributed by atoms with Crippen LogP contribution in [0.25, 0.3) is 11.5 Å². The zero-order valence-electron chi connectivity index (χ0n) is 12.1. The van der Waals surface area contributed by atoms with Crippen molar-refractivity contribution in [2.75, 3.05) is 5.73 Å². The smallest absolute Gasteiger partial charge is 0.260 e. The summed E-state index contributed by atoms with van der Waals surface area (Å²) in [6.45, 7) is 4.24. The summed E-state index contributed by atoms with van der Waals surface area (Å²) < 4.78 is 5.43. The van der Waals surface area contributed by atoms with Crippen molar-refractivity contribution in [3.63, 3.8) is 0 Å². The van der Waals surface area contributed by atoms with Crippen LogP contribution in [0.2, 0.25) is 0 Å². The maximum absolute atomic E-state index is 6.09. The van der Waals surface area contributed by atoms with E-state index in [-0.39, 0.29) is 0 Å². The Balaban J connectivity index is 1.85. The second-order valence-electron chi connectivity index (χ2n) is 5.78. The quantitative estimate of drug-likeness (QED) is 0.859. The maximum Gasteiger partial charge on any atom is 0.260 e. The Morgan fingerprint density at radius 1 is 1.35 bits per heavy atom. The molecule has 0 saturated heterocycles. The van der Waals surface area contributed by atoms with Gasteiger partial charge < -0.3 is 10.3 Å². The van der Waals surface area contributed by atoms with Crippen LogP contribution in [0.1, 0.15) is 49.9 Å². The van der Waals surface area contributed by atoms with Crippen LogP contribution in [0.3, 0.4) is 0 Å². The monoisotopic (exact) mass is 271 g/mol. The molecule has 2 N–H and O–H groups in total. The SMILES string of the molecule is CCC1CCC(c2noc(-c3cccc(C)c3N)n2)C1. The number of aromatic nitrogens is 2. The number of nitrogens with zero attached hydrogens (tertiary/aromatic N) is 2. The van der Waals surface area contributed by atoms with Crippen molar-refractivity contribution in [2.24, 2.45) is 5.92 Å². The minimum absolute atomic E-state index is 0.448. The number of anilines is 1. The standard InChI is InChI=1S/C16H21N3O/c1-3-11-7-8-12(9-11)15-18-16(20-19-15)13-6-4-5-10(2)14(13)17/h4-6,11-12H,3,7-9,17H2,1-2H3. The highest BCUT2D eigenvalue weighted by atomic mass is 16.5. The molecule has 0 radical (unpaired) electrons. The molecule has 4 heteroatoms. The Morgan fingerprint density at radius 3 is 2.95 bits per heavy atom. The summed E-state index contributed by atoms with van der Waals surface area (Å²) in [4.78, 5) is 4.58. The number of benzene rings is 1. The second kappa shape index (κ2) is 5.27. The number of rotatable bonds is 3. The fraction of sp³-hybridized carbons (Fsp3) is 0.500. The molecule has 2 atom stereocenters. The van der Waals surface area contributed by atoms with Crippen LogP contribution < -0.4 is 5.73 Å². The molecule has 106 valence electrons. The first-order valence-electron chi connectivity index (χ1n) is 7.38. The van der Waals surface area contributed by atoms with Crippen molar-refractivity contribution in [1.82, 2.24) is 10.1 Å². The van der Waals surface area contributed by atoms with Crippen molar-refractivity contribution < 1.29 is 4.52 Å². The molecule has 0 aliphatic heterocycles. The lowest BCUT2D eigenvalue weighted by Gasteiger charge is -2.05. The van der Waals surface area contributed by atoms with Gasteiger partial charge in [-0.2, -0.15) is 4.98 Å². The fourth-order valence-corrected chi connectivity index (χ4v) is 3.06. The van der Waals surface area contributed by atoms with Crippen LogP contribution in [0.5, 0.6) is 0 Å². The number of para-hydroxylation sites is 1. The molecule has 3 rings (SSSR count). The molecular weight excluding hydrogens is 250 g/mol. The van der Waals surface area contributed by atoms with Gasteiger partial charge in [0.25, 0.3) is 5.89 Å². The Labute approximate surface area is 119 Å². The molecule has 0 amide bonds. The van der Waals surface area contributed by atoms with E-state index >= 15 is 0 Å². The Morgan fingerprint density at radius 2 is 2.20 bits per heavy atom. The van der Waals surface area contributed by atoms with Gasteiger partial charge in [0.05, 0.1) is 5.56 Å². The van der Waals surface area contributed by atoms with E-state index in [0.29, 0.717) is 11.8 Å². The van der Waals surface area contributed by atoms with E-state index in [2.05, 4.69) is 17.1 Å². The number of aryl methyl sites for hydroxylation is 1. The van der Waals surface area contributed by atoms with Gasteiger partial charge in [0.2, 0.25) is 0 Å². The fourth-order valence-electron chi connectivity index (χ4n) is 3.06. The third kappa shape index (κ3) is 2.30. The molecule has 1 heterocycles. The zero-order chi connectivity index (χ0) is 14.1. The average Bonchev–Trinajstić information content (AvgIpc) is 3.09. The molecule has 2 aromatic rings. The summed E-state index contributed by atoms with van der Waals surface area (Å²) >= 11 is 0. The van der Waals surface area contributed by atoms with Gasteiger partial charge in [0.1, 0.15) is 0 Å². The molecule has 1 aromatic heterocycles. The molecule has 4 nitrogen and oxygen atoms in total. The van der Waals surface area contributed by atoms with Crippen molar-refractivity contribution in [1.29, 1.82) is 0 Å². The van der Waals surface area contributed by atoms with Gasteiger partial charge in [-0.05, 0) is 43.7 Å². The van der Waals surface area contributed by atoms with Gasteiger partial charge in [0, 0.05) is 11.6 Å². The van der Waals surface area contributed by atoms with Gasteiger partial charge in [-0.1, -0.05) is 30.6 Å². The van der Waals surface area contributed by atoms with E-state index < -0.39 is 0 Å². The van der Waals surface area contributed by atoms with Gasteiger partial charge >= 0.3 is 0 Å². The van der Waals surface area contributed by atoms with E-state index in [9.17, 15) is 0 Å². The summed E-state index contributed by atoms with van der Waals surface area (Å²) in [5.74, 6) is 2.65. The Kier molecular flexibility index (Phi) is 3.47. The first kappa shape index (κ1) is 13.2. The van der Waals surface area contributed by atoms with Crippen molar-refractivity contribution in [2.45, 2.75) is 45.4 Å². The average molecular weight is 271 g/mol. The minimum Gasteiger partial charge on any atom is -0.398 e. The number of hydrogen-bond donors (Lipinski definition) is 1. The third-order valence-corrected chi connectivity index (χ3v) is 4.48. The number of nitrogen functional groups attached to an aromatic ring is 1. The van der Waals surface area contributed by atoms with Gasteiger partial charge in [0.15, 0.2) is 5.82 Å². The molecule has 1 aliphatic carbocycles. The molecule has 0 bridgehead atoms. The van der Waals surface area contributed by atoms with Crippen LogP contribution >= 0.6 is 0 Å². The highest BCUT2D eigenvalue weighted by Crippen LogP contribution is 2.39. The summed E-state index contributed by atoms with van der Waals surface area (Å²) in [5, 5.41) is 4.17. The van der Waals surface area contributed by atoms with Crippen LogP contribution in [-0.4, -0.2) is 10.1 Å². The van der Waals surface area contributed by atoms with Crippen molar-refractivity contribution in [3.8, 4) is 11.5 Å². The highest BCUT2D eigenvalue weighted by Gasteiger charge is 2.28. The first-order chi connectivity index (χ1) is 9.69. The predicted molar refractivity (Wildman–Crippen MR) is 79.3 cm³/mol. The number of nitrogens with two attached hydrogens (primary N) is 1. The molecule has 1 aromatic carbocycles. The van der Waals surface area contributed by atoms with E-state index in [1.807, 2.05) is 25.1 Å². The molecule has 1 saturated carbocycles. The van der Waals surface area contributed by atoms with Crippen LogP contribution in [0, 0.1) is 12.8 Å². The van der Waals surface area contributed by atoms with Gasteiger partial charge in [-0.25, -0.2) is 0 Å². The number of hydrogen-bond acceptors (Lipinski definition) is 4. The van der Waals surface area contributed by atoms with Gasteiger partial charge in [-0.15, -0.1) is 0 Å². The first-order valence-corrected chi connectivity index (χ1v) is 7.38. The summed E-state index contributed by atoms with van der Waals surface area (Å²) in [6, 6.07) is 5.88. The third-order valence-electron chi connectivity index (χ3n) is 4.48. The Hall–Kier alpha value is -1.84. The molecule has 20 heavy (non-hydrogen) atoms. The summed E-state index contributed by atoms with van der Waals surface area (Å²) in [5.41, 5.74) is 8.69. The van der Waals surface area contributed by atoms with Crippen molar-refractivity contribution in [3.05, 3.63) is 29.6 Å². The second-order valence-corrected chi connectivity index (χ2v) is 5.78. The maximum atomic E-state index is 6.09. The lowest BCUT2D eigenvalue weighted by molar-refractivity contribution is 0.414. The van der Waals surface area contributed by atoms with Crippen LogP contribution in [-0.2, 0) is 0 Å². The predicted octanol–water partition coefficient (Wildman–Crippen LogP) is 3.92. The largest absolute Gasteiger partial charge is 0.398 e. The van der Waals surface area contributed by atoms with Gasteiger partial charge in [-0.3, -0.25) is 0 Å². The normalized spacial score (nSPS) is 22.3. The van der Waals surface area contributed by atoms with Crippen LogP contribution in [0.15, 0.2) is 22.7 Å². The highest BCUT2D eigenvalue weighted by molar-refractivity contribution is 5.73. The lowest BCUT2D eigenvalue weighted by Crippen LogP contribution is -1.97. The van der Waals surface area contributed by atoms with E-state index in [4.69, 9.17) is 10.3 Å². The molecular formula is C16H21N3O. The topological polar surface area (TPSA) is 64.9 Å². The van der Waals surface area contributed by atoms with E-state index in [1.54, 1.807) is 0 Å². The minimum atomic E-state index is 0.448. The van der Waals surface area contributed by atoms with E-state index in [1.165, 1.54) is 25.7 Å². The van der Waals surface area contributed by atoms with Crippen LogP contribution in [0.4, 0.5) is 5.69 Å². The molecule has 0 spiro atoms. The summed E-state index contributed by atoms with van der Waals surface area (Å²) in [6.07, 6.45) is 4.86. The van der Waals surface area contributed by atoms with E-state index in [0.717, 1.165) is 28.6 Å². The zero-order valence-corrected chi connectivity index (χ0v) is 12.1. The lowest BCUT2D eigenvalue weighted by atomic mass is 10.0. The van der Waals surface area contributed by atoms with Crippen molar-refractivity contribution >= 4 is 5.69 Å². The summed E-state index contributed by atoms with van der Waals surface area (Å²) in [7, 11) is 0.